The number of nitrogens with zero attached hydrogens (tertiary/aromatic N) is 3. The molecular formula is C10H13N3O. The van der Waals surface area contributed by atoms with Gasteiger partial charge < -0.3 is 4.90 Å². The number of anilines is 1. The molecule has 74 valence electrons. The van der Waals surface area contributed by atoms with Crippen LogP contribution in [0.25, 0.3) is 0 Å². The van der Waals surface area contributed by atoms with E-state index in [0.717, 1.165) is 11.4 Å². The van der Waals surface area contributed by atoms with E-state index in [0.29, 0.717) is 0 Å². The van der Waals surface area contributed by atoms with Crippen molar-refractivity contribution in [1.29, 1.82) is 0 Å². The smallest absolute Gasteiger partial charge is 0.235 e. The number of hydrogen-bond acceptors (Lipinski definition) is 4. The third kappa shape index (κ3) is 2.41. The molecule has 0 N–H and O–H groups in total. The van der Waals surface area contributed by atoms with Gasteiger partial charge in [0.1, 0.15) is 5.82 Å². The molecule has 1 atom stereocenters. The summed E-state index contributed by atoms with van der Waals surface area (Å²) in [7, 11) is 3.85. The van der Waals surface area contributed by atoms with Crippen molar-refractivity contribution in [2.24, 2.45) is 4.99 Å². The number of aromatic nitrogens is 1. The third-order valence-electron chi connectivity index (χ3n) is 1.96. The van der Waals surface area contributed by atoms with Crippen LogP contribution in [-0.2, 0) is 4.79 Å². The van der Waals surface area contributed by atoms with Gasteiger partial charge in [-0.15, -0.1) is 0 Å². The second kappa shape index (κ2) is 4.53. The average Bonchev–Trinajstić information content (AvgIpc) is 2.18. The predicted octanol–water partition coefficient (Wildman–Crippen LogP) is 1.54. The zero-order valence-electron chi connectivity index (χ0n) is 8.56. The molecule has 0 spiro atoms. The second-order valence-electron chi connectivity index (χ2n) is 3.24. The van der Waals surface area contributed by atoms with Gasteiger partial charge in [0.2, 0.25) is 6.08 Å². The van der Waals surface area contributed by atoms with Crippen LogP contribution in [0.5, 0.6) is 0 Å². The minimum Gasteiger partial charge on any atom is -0.363 e. The van der Waals surface area contributed by atoms with E-state index in [2.05, 4.69) is 9.98 Å². The van der Waals surface area contributed by atoms with Crippen LogP contribution in [0.2, 0.25) is 0 Å². The standard InChI is InChI=1S/C10H13N3O/c1-8(12-7-14)9-4-5-10(11-6-9)13(2)3/h4-6,8H,1-3H3. The summed E-state index contributed by atoms with van der Waals surface area (Å²) in [6.07, 6.45) is 3.26. The van der Waals surface area contributed by atoms with Gasteiger partial charge in [0.15, 0.2) is 0 Å². The first kappa shape index (κ1) is 10.4. The Labute approximate surface area is 83.3 Å². The monoisotopic (exact) mass is 191 g/mol. The van der Waals surface area contributed by atoms with Crippen LogP contribution in [0, 0.1) is 0 Å². The van der Waals surface area contributed by atoms with E-state index in [1.54, 1.807) is 12.3 Å². The lowest BCUT2D eigenvalue weighted by molar-refractivity contribution is 0.559. The molecule has 0 saturated heterocycles. The molecule has 0 amide bonds. The molecule has 0 aliphatic rings. The largest absolute Gasteiger partial charge is 0.363 e. The summed E-state index contributed by atoms with van der Waals surface area (Å²) in [6, 6.07) is 3.64. The Kier molecular flexibility index (Phi) is 3.37. The van der Waals surface area contributed by atoms with Crippen LogP contribution in [0.3, 0.4) is 0 Å². The Morgan fingerprint density at radius 1 is 1.50 bits per heavy atom. The Balaban J connectivity index is 2.87. The summed E-state index contributed by atoms with van der Waals surface area (Å²) in [4.78, 5) is 19.8. The normalized spacial score (nSPS) is 11.6. The van der Waals surface area contributed by atoms with E-state index < -0.39 is 0 Å². The first-order valence-corrected chi connectivity index (χ1v) is 4.35. The van der Waals surface area contributed by atoms with Crippen molar-refractivity contribution in [3.63, 3.8) is 0 Å². The lowest BCUT2D eigenvalue weighted by atomic mass is 10.1. The minimum atomic E-state index is -0.170. The molecule has 4 heteroatoms. The van der Waals surface area contributed by atoms with E-state index in [1.165, 1.54) is 0 Å². The molecule has 4 nitrogen and oxygen atoms in total. The molecule has 0 aliphatic heterocycles. The quantitative estimate of drug-likeness (QED) is 0.538. The maximum absolute atomic E-state index is 10.0. The van der Waals surface area contributed by atoms with E-state index >= 15 is 0 Å². The Morgan fingerprint density at radius 2 is 2.21 bits per heavy atom. The topological polar surface area (TPSA) is 45.6 Å². The fourth-order valence-corrected chi connectivity index (χ4v) is 1.06. The van der Waals surface area contributed by atoms with Gasteiger partial charge in [0.05, 0.1) is 6.04 Å². The van der Waals surface area contributed by atoms with Crippen LogP contribution < -0.4 is 4.90 Å². The van der Waals surface area contributed by atoms with Crippen molar-refractivity contribution in [2.75, 3.05) is 19.0 Å². The molecule has 0 saturated carbocycles. The van der Waals surface area contributed by atoms with Crippen molar-refractivity contribution < 1.29 is 4.79 Å². The van der Waals surface area contributed by atoms with Crippen molar-refractivity contribution in [1.82, 2.24) is 4.98 Å². The van der Waals surface area contributed by atoms with Crippen LogP contribution in [0.15, 0.2) is 23.3 Å². The van der Waals surface area contributed by atoms with Gasteiger partial charge in [-0.1, -0.05) is 6.07 Å². The molecule has 14 heavy (non-hydrogen) atoms. The van der Waals surface area contributed by atoms with Crippen LogP contribution in [0.1, 0.15) is 18.5 Å². The summed E-state index contributed by atoms with van der Waals surface area (Å²) in [6.45, 7) is 1.83. The van der Waals surface area contributed by atoms with Crippen molar-refractivity contribution >= 4 is 11.9 Å². The van der Waals surface area contributed by atoms with Gasteiger partial charge >= 0.3 is 0 Å². The second-order valence-corrected chi connectivity index (χ2v) is 3.24. The maximum atomic E-state index is 10.0. The van der Waals surface area contributed by atoms with E-state index in [1.807, 2.05) is 38.1 Å². The molecular weight excluding hydrogens is 178 g/mol. The molecule has 0 aromatic carbocycles. The van der Waals surface area contributed by atoms with Gasteiger partial charge in [0, 0.05) is 20.3 Å². The van der Waals surface area contributed by atoms with E-state index in [4.69, 9.17) is 0 Å². The van der Waals surface area contributed by atoms with E-state index in [9.17, 15) is 4.79 Å². The van der Waals surface area contributed by atoms with Gasteiger partial charge in [-0.3, -0.25) is 0 Å². The van der Waals surface area contributed by atoms with Crippen LogP contribution in [-0.4, -0.2) is 25.2 Å². The summed E-state index contributed by atoms with van der Waals surface area (Å²) in [5, 5.41) is 0. The van der Waals surface area contributed by atoms with Crippen molar-refractivity contribution in [3.8, 4) is 0 Å². The number of pyridine rings is 1. The maximum Gasteiger partial charge on any atom is 0.235 e. The molecule has 0 fully saturated rings. The minimum absolute atomic E-state index is 0.170. The van der Waals surface area contributed by atoms with Gasteiger partial charge in [-0.05, 0) is 18.6 Å². The molecule has 0 bridgehead atoms. The molecule has 1 aromatic heterocycles. The number of carbonyl (C=O) groups excluding carboxylic acids is 1. The third-order valence-corrected chi connectivity index (χ3v) is 1.96. The lowest BCUT2D eigenvalue weighted by Crippen LogP contribution is -2.10. The molecule has 0 radical (unpaired) electrons. The van der Waals surface area contributed by atoms with Crippen molar-refractivity contribution in [3.05, 3.63) is 23.9 Å². The zero-order valence-corrected chi connectivity index (χ0v) is 8.56. The Bertz CT molecular complexity index is 339. The van der Waals surface area contributed by atoms with E-state index in [-0.39, 0.29) is 6.04 Å². The molecule has 1 aromatic rings. The van der Waals surface area contributed by atoms with Gasteiger partial charge in [0.25, 0.3) is 0 Å². The van der Waals surface area contributed by atoms with Gasteiger partial charge in [-0.2, -0.15) is 4.99 Å². The Hall–Kier alpha value is -1.67. The van der Waals surface area contributed by atoms with Crippen LogP contribution >= 0.6 is 0 Å². The fraction of sp³-hybridized carbons (Fsp3) is 0.400. The highest BCUT2D eigenvalue weighted by Crippen LogP contribution is 2.16. The molecule has 1 rings (SSSR count). The zero-order chi connectivity index (χ0) is 10.6. The predicted molar refractivity (Wildman–Crippen MR) is 55.1 cm³/mol. The number of isocyanates is 1. The SMILES string of the molecule is CC(N=C=O)c1ccc(N(C)C)nc1. The summed E-state index contributed by atoms with van der Waals surface area (Å²) < 4.78 is 0. The number of aliphatic imine (C=N–C) groups is 1. The molecule has 1 unspecified atom stereocenters. The highest BCUT2D eigenvalue weighted by molar-refractivity contribution is 5.39. The first-order chi connectivity index (χ1) is 6.65. The average molecular weight is 191 g/mol. The highest BCUT2D eigenvalue weighted by atomic mass is 16.1. The summed E-state index contributed by atoms with van der Waals surface area (Å²) in [5.74, 6) is 0.885. The lowest BCUT2D eigenvalue weighted by Gasteiger charge is -2.11. The molecule has 0 aliphatic carbocycles. The van der Waals surface area contributed by atoms with Crippen LogP contribution in [0.4, 0.5) is 5.82 Å². The first-order valence-electron chi connectivity index (χ1n) is 4.35. The number of rotatable bonds is 3. The Morgan fingerprint density at radius 3 is 2.64 bits per heavy atom. The number of hydrogen-bond donors (Lipinski definition) is 0. The summed E-state index contributed by atoms with van der Waals surface area (Å²) >= 11 is 0. The highest BCUT2D eigenvalue weighted by Gasteiger charge is 2.04. The fourth-order valence-electron chi connectivity index (χ4n) is 1.06. The molecule has 1 heterocycles. The van der Waals surface area contributed by atoms with Gasteiger partial charge in [-0.25, -0.2) is 9.78 Å². The summed E-state index contributed by atoms with van der Waals surface area (Å²) in [5.41, 5.74) is 0.916. The van der Waals surface area contributed by atoms with Crippen molar-refractivity contribution in [2.45, 2.75) is 13.0 Å².